The van der Waals surface area contributed by atoms with E-state index in [2.05, 4.69) is 10.1 Å². The van der Waals surface area contributed by atoms with Gasteiger partial charge < -0.3 is 15.2 Å². The molecule has 10 heteroatoms. The minimum Gasteiger partial charge on any atom is -0.481 e. The van der Waals surface area contributed by atoms with Gasteiger partial charge in [0.1, 0.15) is 5.78 Å². The highest BCUT2D eigenvalue weighted by Crippen LogP contribution is 2.14. The highest BCUT2D eigenvalue weighted by molar-refractivity contribution is 6.13. The Bertz CT molecular complexity index is 682. The van der Waals surface area contributed by atoms with Crippen LogP contribution in [0, 0.1) is 11.8 Å². The first-order chi connectivity index (χ1) is 13.6. The number of amides is 3. The summed E-state index contributed by atoms with van der Waals surface area (Å²) in [6.45, 7) is 1.84. The molecule has 1 heterocycles. The topological polar surface area (TPSA) is 147 Å². The molecule has 3 amide bonds. The summed E-state index contributed by atoms with van der Waals surface area (Å²) in [4.78, 5) is 70.4. The number of ketones is 1. The van der Waals surface area contributed by atoms with Gasteiger partial charge in [-0.05, 0) is 12.8 Å². The molecule has 0 spiro atoms. The highest BCUT2D eigenvalue weighted by atomic mass is 16.5. The lowest BCUT2D eigenvalue weighted by Gasteiger charge is -2.17. The number of carbonyl (C=O) groups is 6. The zero-order valence-corrected chi connectivity index (χ0v) is 16.5. The molecule has 1 rings (SSSR count). The van der Waals surface area contributed by atoms with Crippen molar-refractivity contribution in [2.75, 3.05) is 20.2 Å². The maximum atomic E-state index is 12.2. The van der Waals surface area contributed by atoms with Crippen LogP contribution in [0.4, 0.5) is 0 Å². The van der Waals surface area contributed by atoms with Crippen LogP contribution < -0.4 is 5.32 Å². The van der Waals surface area contributed by atoms with E-state index in [4.69, 9.17) is 5.11 Å². The van der Waals surface area contributed by atoms with E-state index in [1.807, 2.05) is 0 Å². The van der Waals surface area contributed by atoms with Crippen molar-refractivity contribution in [2.45, 2.75) is 39.0 Å². The van der Waals surface area contributed by atoms with E-state index in [9.17, 15) is 28.8 Å². The third-order valence-electron chi connectivity index (χ3n) is 4.62. The van der Waals surface area contributed by atoms with Crippen LogP contribution in [0.2, 0.25) is 0 Å². The van der Waals surface area contributed by atoms with Gasteiger partial charge in [-0.3, -0.25) is 33.7 Å². The van der Waals surface area contributed by atoms with Crippen LogP contribution in [0.5, 0.6) is 0 Å². The third-order valence-corrected chi connectivity index (χ3v) is 4.62. The molecule has 1 aliphatic rings. The first-order valence-corrected chi connectivity index (χ1v) is 9.28. The average molecular weight is 410 g/mol. The van der Waals surface area contributed by atoms with E-state index in [0.717, 1.165) is 17.1 Å². The van der Waals surface area contributed by atoms with Gasteiger partial charge in [0, 0.05) is 49.9 Å². The maximum absolute atomic E-state index is 12.2. The van der Waals surface area contributed by atoms with Gasteiger partial charge in [-0.1, -0.05) is 6.92 Å². The number of imide groups is 1. The van der Waals surface area contributed by atoms with Crippen LogP contribution in [-0.4, -0.2) is 65.6 Å². The molecule has 0 saturated heterocycles. The van der Waals surface area contributed by atoms with Gasteiger partial charge in [0.15, 0.2) is 0 Å². The first-order valence-electron chi connectivity index (χ1n) is 9.28. The van der Waals surface area contributed by atoms with Crippen molar-refractivity contribution in [2.24, 2.45) is 11.8 Å². The van der Waals surface area contributed by atoms with Gasteiger partial charge in [-0.15, -0.1) is 0 Å². The van der Waals surface area contributed by atoms with E-state index in [1.54, 1.807) is 6.92 Å². The summed E-state index contributed by atoms with van der Waals surface area (Å²) < 4.78 is 4.49. The Morgan fingerprint density at radius 1 is 1.10 bits per heavy atom. The van der Waals surface area contributed by atoms with Crippen molar-refractivity contribution < 1.29 is 38.6 Å². The number of carboxylic acid groups (broad SMARTS) is 1. The second kappa shape index (κ2) is 11.7. The van der Waals surface area contributed by atoms with Gasteiger partial charge in [-0.25, -0.2) is 0 Å². The minimum absolute atomic E-state index is 0.00835. The summed E-state index contributed by atoms with van der Waals surface area (Å²) in [6.07, 6.45) is 2.21. The number of methoxy groups -OCH3 is 1. The Morgan fingerprint density at radius 2 is 1.72 bits per heavy atom. The van der Waals surface area contributed by atoms with Crippen LogP contribution in [0.25, 0.3) is 0 Å². The molecule has 10 nitrogen and oxygen atoms in total. The van der Waals surface area contributed by atoms with Crippen molar-refractivity contribution in [3.05, 3.63) is 12.2 Å². The van der Waals surface area contributed by atoms with E-state index in [0.29, 0.717) is 6.42 Å². The molecule has 0 saturated carbocycles. The molecule has 0 aromatic rings. The number of nitrogens with one attached hydrogen (secondary N) is 1. The van der Waals surface area contributed by atoms with Crippen molar-refractivity contribution in [3.63, 3.8) is 0 Å². The van der Waals surface area contributed by atoms with Gasteiger partial charge >= 0.3 is 11.9 Å². The van der Waals surface area contributed by atoms with Crippen molar-refractivity contribution in [3.8, 4) is 0 Å². The number of esters is 1. The largest absolute Gasteiger partial charge is 0.481 e. The van der Waals surface area contributed by atoms with Gasteiger partial charge in [0.2, 0.25) is 5.91 Å². The monoisotopic (exact) mass is 410 g/mol. The summed E-state index contributed by atoms with van der Waals surface area (Å²) >= 11 is 0. The lowest BCUT2D eigenvalue weighted by Crippen LogP contribution is -2.35. The van der Waals surface area contributed by atoms with Crippen LogP contribution in [0.15, 0.2) is 12.2 Å². The Balaban J connectivity index is 2.39. The first kappa shape index (κ1) is 24.0. The Kier molecular flexibility index (Phi) is 9.70. The van der Waals surface area contributed by atoms with Gasteiger partial charge in [0.05, 0.1) is 13.5 Å². The third kappa shape index (κ3) is 8.24. The molecule has 0 fully saturated rings. The molecule has 2 N–H and O–H groups in total. The Morgan fingerprint density at radius 3 is 2.28 bits per heavy atom. The fourth-order valence-corrected chi connectivity index (χ4v) is 2.77. The number of carboxylic acids is 1. The number of nitrogens with zero attached hydrogens (tertiary/aromatic N) is 1. The smallest absolute Gasteiger partial charge is 0.305 e. The normalized spacial score (nSPS) is 15.2. The van der Waals surface area contributed by atoms with E-state index in [1.165, 1.54) is 7.11 Å². The minimum atomic E-state index is -1.15. The maximum Gasteiger partial charge on any atom is 0.305 e. The number of rotatable bonds is 13. The van der Waals surface area contributed by atoms with Gasteiger partial charge in [0.25, 0.3) is 11.8 Å². The summed E-state index contributed by atoms with van der Waals surface area (Å²) in [5.74, 6) is -4.52. The van der Waals surface area contributed by atoms with Crippen LogP contribution in [-0.2, 0) is 33.5 Å². The van der Waals surface area contributed by atoms with E-state index in [-0.39, 0.29) is 38.1 Å². The predicted molar refractivity (Wildman–Crippen MR) is 99.3 cm³/mol. The Hall–Kier alpha value is -3.04. The standard InChI is InChI=1S/C19H26N2O8/c1-12(14(22)8-10-21-15(23)4-5-16(21)24)7-9-20-19(28)13(11-17(25)26)3-6-18(27)29-2/h4-5,12-13H,3,6-11H2,1-2H3,(H,20,28)(H,25,26). The van der Waals surface area contributed by atoms with Gasteiger partial charge in [-0.2, -0.15) is 0 Å². The van der Waals surface area contributed by atoms with Crippen LogP contribution in [0.3, 0.4) is 0 Å². The van der Waals surface area contributed by atoms with E-state index >= 15 is 0 Å². The zero-order chi connectivity index (χ0) is 22.0. The van der Waals surface area contributed by atoms with Crippen molar-refractivity contribution in [1.29, 1.82) is 0 Å². The molecular weight excluding hydrogens is 384 g/mol. The summed E-state index contributed by atoms with van der Waals surface area (Å²) in [5, 5.41) is 11.5. The SMILES string of the molecule is COC(=O)CCC(CC(=O)O)C(=O)NCCC(C)C(=O)CCN1C(=O)C=CC1=O. The molecule has 0 aromatic heterocycles. The molecule has 1 aliphatic heterocycles. The predicted octanol–water partition coefficient (Wildman–Crippen LogP) is 0.0571. The fraction of sp³-hybridized carbons (Fsp3) is 0.579. The Labute approximate surface area is 168 Å². The van der Waals surface area contributed by atoms with Crippen LogP contribution in [0.1, 0.15) is 39.0 Å². The number of ether oxygens (including phenoxy) is 1. The lowest BCUT2D eigenvalue weighted by atomic mass is 9.97. The lowest BCUT2D eigenvalue weighted by molar-refractivity contribution is -0.144. The molecule has 2 unspecified atom stereocenters. The molecule has 160 valence electrons. The fourth-order valence-electron chi connectivity index (χ4n) is 2.77. The van der Waals surface area contributed by atoms with Crippen molar-refractivity contribution in [1.82, 2.24) is 10.2 Å². The van der Waals surface area contributed by atoms with Crippen molar-refractivity contribution >= 4 is 35.4 Å². The number of Topliss-reactive ketones (excluding diaryl/α,β-unsaturated/α-hetero) is 1. The zero-order valence-electron chi connectivity index (χ0n) is 16.5. The molecule has 0 aliphatic carbocycles. The molecule has 2 atom stereocenters. The second-order valence-corrected chi connectivity index (χ2v) is 6.77. The average Bonchev–Trinajstić information content (AvgIpc) is 2.99. The number of aliphatic carboxylic acids is 1. The molecule has 29 heavy (non-hydrogen) atoms. The summed E-state index contributed by atoms with van der Waals surface area (Å²) in [7, 11) is 1.21. The quantitative estimate of drug-likeness (QED) is 0.320. The number of carbonyl (C=O) groups excluding carboxylic acids is 5. The molecular formula is C19H26N2O8. The summed E-state index contributed by atoms with van der Waals surface area (Å²) in [5.41, 5.74) is 0. The van der Waals surface area contributed by atoms with Crippen LogP contribution >= 0.6 is 0 Å². The number of hydrogen-bond donors (Lipinski definition) is 2. The molecule has 0 bridgehead atoms. The highest BCUT2D eigenvalue weighted by Gasteiger charge is 2.25. The second-order valence-electron chi connectivity index (χ2n) is 6.77. The molecule has 0 radical (unpaired) electrons. The number of hydrogen-bond acceptors (Lipinski definition) is 7. The van der Waals surface area contributed by atoms with E-state index < -0.39 is 47.9 Å². The molecule has 0 aromatic carbocycles. The summed E-state index contributed by atoms with van der Waals surface area (Å²) in [6, 6.07) is 0.